The maximum Gasteiger partial charge on any atom is 0.317 e. The van der Waals surface area contributed by atoms with Gasteiger partial charge in [0.15, 0.2) is 0 Å². The third kappa shape index (κ3) is 9.79. The molecule has 0 saturated heterocycles. The summed E-state index contributed by atoms with van der Waals surface area (Å²) in [4.78, 5) is 11.7. The van der Waals surface area contributed by atoms with Crippen LogP contribution in [0.4, 0.5) is 0 Å². The highest BCUT2D eigenvalue weighted by atomic mass is 32.2. The summed E-state index contributed by atoms with van der Waals surface area (Å²) in [6.07, 6.45) is 8.08. The molecule has 0 heterocycles. The van der Waals surface area contributed by atoms with Crippen molar-refractivity contribution < 1.29 is 9.53 Å². The normalized spacial score (nSPS) is 15.0. The molecule has 0 spiro atoms. The molecule has 0 bridgehead atoms. The predicted octanol–water partition coefficient (Wildman–Crippen LogP) is 5.16. The summed E-state index contributed by atoms with van der Waals surface area (Å²) < 4.78 is 5.59. The Morgan fingerprint density at radius 2 is 1.90 bits per heavy atom. The molecule has 0 radical (unpaired) electrons. The lowest BCUT2D eigenvalue weighted by Gasteiger charge is -2.25. The third-order valence-corrected chi connectivity index (χ3v) is 4.73. The Morgan fingerprint density at radius 1 is 1.19 bits per heavy atom. The Kier molecular flexibility index (Phi) is 12.6. The maximum atomic E-state index is 11.7. The van der Waals surface area contributed by atoms with Gasteiger partial charge in [-0.15, -0.1) is 0 Å². The molecule has 122 valence electrons. The van der Waals surface area contributed by atoms with Crippen LogP contribution in [-0.2, 0) is 9.53 Å². The molecule has 0 aromatic rings. The zero-order valence-corrected chi connectivity index (χ0v) is 14.9. The molecular formula is C17H31NO2S. The Balaban J connectivity index is 4.35. The maximum absolute atomic E-state index is 11.7. The van der Waals surface area contributed by atoms with E-state index in [9.17, 15) is 4.79 Å². The van der Waals surface area contributed by atoms with E-state index >= 15 is 0 Å². The third-order valence-electron chi connectivity index (χ3n) is 4.22. The van der Waals surface area contributed by atoms with Gasteiger partial charge in [0, 0.05) is 0 Å². The van der Waals surface area contributed by atoms with Crippen molar-refractivity contribution in [3.05, 3.63) is 0 Å². The van der Waals surface area contributed by atoms with Crippen molar-refractivity contribution in [3.8, 4) is 5.40 Å². The fourth-order valence-corrected chi connectivity index (χ4v) is 2.71. The summed E-state index contributed by atoms with van der Waals surface area (Å²) in [7, 11) is 0. The second kappa shape index (κ2) is 13.0. The van der Waals surface area contributed by atoms with Gasteiger partial charge >= 0.3 is 5.97 Å². The second-order valence-corrected chi connectivity index (χ2v) is 6.55. The molecule has 0 aliphatic rings. The molecule has 0 aliphatic heterocycles. The molecule has 4 heteroatoms. The van der Waals surface area contributed by atoms with E-state index in [4.69, 9.17) is 10.00 Å². The summed E-state index contributed by atoms with van der Waals surface area (Å²) >= 11 is 0.949. The Bertz CT molecular complexity index is 314. The van der Waals surface area contributed by atoms with E-state index in [1.807, 2.05) is 5.40 Å². The van der Waals surface area contributed by atoms with Crippen molar-refractivity contribution in [2.24, 2.45) is 11.8 Å². The number of carbonyl (C=O) groups is 1. The van der Waals surface area contributed by atoms with Crippen LogP contribution >= 0.6 is 11.8 Å². The van der Waals surface area contributed by atoms with Crippen LogP contribution in [0, 0.1) is 22.5 Å². The second-order valence-electron chi connectivity index (χ2n) is 5.79. The number of nitriles is 1. The molecule has 21 heavy (non-hydrogen) atoms. The average molecular weight is 314 g/mol. The number of carbonyl (C=O) groups excluding carboxylic acids is 1. The van der Waals surface area contributed by atoms with Gasteiger partial charge in [-0.05, 0) is 36.4 Å². The van der Waals surface area contributed by atoms with Crippen LogP contribution in [0.5, 0.6) is 0 Å². The van der Waals surface area contributed by atoms with Gasteiger partial charge in [-0.25, -0.2) is 0 Å². The zero-order valence-electron chi connectivity index (χ0n) is 14.1. The quantitative estimate of drug-likeness (QED) is 0.369. The minimum absolute atomic E-state index is 0.00234. The van der Waals surface area contributed by atoms with Crippen molar-refractivity contribution in [2.75, 3.05) is 5.75 Å². The van der Waals surface area contributed by atoms with Crippen molar-refractivity contribution in [3.63, 3.8) is 0 Å². The summed E-state index contributed by atoms with van der Waals surface area (Å²) in [5.74, 6) is 0.998. The van der Waals surface area contributed by atoms with Gasteiger partial charge in [-0.3, -0.25) is 4.79 Å². The first kappa shape index (κ1) is 20.3. The largest absolute Gasteiger partial charge is 0.461 e. The van der Waals surface area contributed by atoms with Gasteiger partial charge < -0.3 is 4.74 Å². The molecule has 0 saturated carbocycles. The Morgan fingerprint density at radius 3 is 2.43 bits per heavy atom. The fraction of sp³-hybridized carbons (Fsp3) is 0.882. The SMILES string of the molecule is CCCCC(CC)CCC(OC(=O)CSC#N)C(C)CC. The molecular weight excluding hydrogens is 282 g/mol. The molecule has 0 rings (SSSR count). The predicted molar refractivity (Wildman–Crippen MR) is 89.9 cm³/mol. The summed E-state index contributed by atoms with van der Waals surface area (Å²) in [5, 5.41) is 10.4. The molecule has 3 atom stereocenters. The van der Waals surface area contributed by atoms with E-state index in [2.05, 4.69) is 27.7 Å². The fourth-order valence-electron chi connectivity index (χ4n) is 2.46. The van der Waals surface area contributed by atoms with Gasteiger partial charge in [0.25, 0.3) is 0 Å². The van der Waals surface area contributed by atoms with Crippen LogP contribution in [0.15, 0.2) is 0 Å². The summed E-state index contributed by atoms with van der Waals surface area (Å²) in [5.41, 5.74) is 0. The van der Waals surface area contributed by atoms with Crippen LogP contribution in [0.25, 0.3) is 0 Å². The summed E-state index contributed by atoms with van der Waals surface area (Å²) in [6.45, 7) is 8.74. The smallest absolute Gasteiger partial charge is 0.317 e. The van der Waals surface area contributed by atoms with E-state index in [0.29, 0.717) is 5.92 Å². The minimum Gasteiger partial charge on any atom is -0.461 e. The monoisotopic (exact) mass is 313 g/mol. The molecule has 0 aliphatic carbocycles. The van der Waals surface area contributed by atoms with Crippen molar-refractivity contribution in [1.29, 1.82) is 5.26 Å². The number of hydrogen-bond donors (Lipinski definition) is 0. The molecule has 0 fully saturated rings. The molecule has 0 N–H and O–H groups in total. The number of nitrogens with zero attached hydrogens (tertiary/aromatic N) is 1. The first-order valence-corrected chi connectivity index (χ1v) is 9.27. The van der Waals surface area contributed by atoms with Gasteiger partial charge in [0.05, 0.1) is 0 Å². The van der Waals surface area contributed by atoms with Crippen LogP contribution in [-0.4, -0.2) is 17.8 Å². The van der Waals surface area contributed by atoms with Crippen LogP contribution in [0.1, 0.15) is 72.6 Å². The molecule has 3 unspecified atom stereocenters. The van der Waals surface area contributed by atoms with E-state index in [1.54, 1.807) is 0 Å². The first-order chi connectivity index (χ1) is 10.1. The van der Waals surface area contributed by atoms with Gasteiger partial charge in [-0.2, -0.15) is 5.26 Å². The standard InChI is InChI=1S/C17H31NO2S/c1-5-8-9-15(7-3)10-11-16(14(4)6-2)20-17(19)12-21-13-18/h14-16H,5-12H2,1-4H3. The highest BCUT2D eigenvalue weighted by Gasteiger charge is 2.21. The molecule has 3 nitrogen and oxygen atoms in total. The number of thioether (sulfide) groups is 1. The van der Waals surface area contributed by atoms with E-state index < -0.39 is 0 Å². The zero-order chi connectivity index (χ0) is 16.1. The topological polar surface area (TPSA) is 50.1 Å². The number of hydrogen-bond acceptors (Lipinski definition) is 4. The minimum atomic E-state index is -0.256. The summed E-state index contributed by atoms with van der Waals surface area (Å²) in [6, 6.07) is 0. The van der Waals surface area contributed by atoms with Crippen LogP contribution < -0.4 is 0 Å². The average Bonchev–Trinajstić information content (AvgIpc) is 2.50. The van der Waals surface area contributed by atoms with E-state index in [0.717, 1.165) is 36.9 Å². The van der Waals surface area contributed by atoms with E-state index in [-0.39, 0.29) is 17.8 Å². The lowest BCUT2D eigenvalue weighted by atomic mass is 9.89. The Labute approximate surface area is 134 Å². The molecule has 0 aromatic heterocycles. The number of thiocyanates is 1. The van der Waals surface area contributed by atoms with E-state index in [1.165, 1.54) is 25.7 Å². The number of rotatable bonds is 12. The highest BCUT2D eigenvalue weighted by Crippen LogP contribution is 2.24. The van der Waals surface area contributed by atoms with Crippen molar-refractivity contribution in [1.82, 2.24) is 0 Å². The van der Waals surface area contributed by atoms with Gasteiger partial charge in [-0.1, -0.05) is 59.8 Å². The van der Waals surface area contributed by atoms with Crippen LogP contribution in [0.2, 0.25) is 0 Å². The van der Waals surface area contributed by atoms with Gasteiger partial charge in [0.2, 0.25) is 0 Å². The number of ether oxygens (including phenoxy) is 1. The van der Waals surface area contributed by atoms with Crippen molar-refractivity contribution >= 4 is 17.7 Å². The lowest BCUT2D eigenvalue weighted by molar-refractivity contribution is -0.148. The molecule has 0 aromatic carbocycles. The molecule has 0 amide bonds. The number of unbranched alkanes of at least 4 members (excludes halogenated alkanes) is 1. The van der Waals surface area contributed by atoms with Gasteiger partial charge in [0.1, 0.15) is 17.3 Å². The van der Waals surface area contributed by atoms with Crippen LogP contribution in [0.3, 0.4) is 0 Å². The van der Waals surface area contributed by atoms with Crippen molar-refractivity contribution in [2.45, 2.75) is 78.7 Å². The number of esters is 1. The lowest BCUT2D eigenvalue weighted by Crippen LogP contribution is -2.26. The Hall–Kier alpha value is -0.690. The first-order valence-electron chi connectivity index (χ1n) is 8.29. The highest BCUT2D eigenvalue weighted by molar-refractivity contribution is 8.04.